The molecule has 29 heavy (non-hydrogen) atoms. The number of pyridine rings is 1. The summed E-state index contributed by atoms with van der Waals surface area (Å²) in [5.74, 6) is 0. The Morgan fingerprint density at radius 2 is 1.55 bits per heavy atom. The Balaban J connectivity index is 1.75. The van der Waals surface area contributed by atoms with E-state index in [1.165, 1.54) is 20.3 Å². The Kier molecular flexibility index (Phi) is 3.82. The maximum Gasteiger partial charge on any atom is 0.285 e. The van der Waals surface area contributed by atoms with Gasteiger partial charge >= 0.3 is 0 Å². The van der Waals surface area contributed by atoms with Crippen LogP contribution in [0.2, 0.25) is 0 Å². The van der Waals surface area contributed by atoms with Crippen molar-refractivity contribution in [1.29, 1.82) is 0 Å². The Morgan fingerprint density at radius 1 is 0.759 bits per heavy atom. The van der Waals surface area contributed by atoms with E-state index < -0.39 is 0 Å². The fraction of sp³-hybridized carbons (Fsp3) is 0. The summed E-state index contributed by atoms with van der Waals surface area (Å²) in [7, 11) is 0. The molecule has 0 saturated carbocycles. The molecule has 0 fully saturated rings. The number of H-pyrrole nitrogens is 1. The number of nitrogens with one attached hydrogen (secondary N) is 1. The highest BCUT2D eigenvalue weighted by molar-refractivity contribution is 7.19. The molecule has 0 unspecified atom stereocenters. The summed E-state index contributed by atoms with van der Waals surface area (Å²) in [6.07, 6.45) is 2.19. The highest BCUT2D eigenvalue weighted by Crippen LogP contribution is 2.22. The van der Waals surface area contributed by atoms with E-state index in [1.807, 2.05) is 6.07 Å². The van der Waals surface area contributed by atoms with Crippen molar-refractivity contribution in [2.75, 3.05) is 0 Å². The molecular formula is C24H16N3S2+. The van der Waals surface area contributed by atoms with Crippen molar-refractivity contribution in [2.24, 2.45) is 0 Å². The Hall–Kier alpha value is -3.28. The monoisotopic (exact) mass is 410 g/mol. The van der Waals surface area contributed by atoms with Crippen LogP contribution in [-0.4, -0.2) is 9.97 Å². The van der Waals surface area contributed by atoms with Crippen molar-refractivity contribution < 1.29 is 4.24 Å². The molecular weight excluding hydrogens is 394 g/mol. The first-order valence-corrected chi connectivity index (χ1v) is 11.0. The Labute approximate surface area is 174 Å². The van der Waals surface area contributed by atoms with Crippen LogP contribution in [0.5, 0.6) is 0 Å². The highest BCUT2D eigenvalue weighted by Gasteiger charge is 2.09. The van der Waals surface area contributed by atoms with Crippen LogP contribution in [0.1, 0.15) is 5.01 Å². The molecule has 0 saturated heterocycles. The molecule has 0 aliphatic rings. The lowest BCUT2D eigenvalue weighted by Gasteiger charge is -1.92. The number of aromatic amines is 1. The van der Waals surface area contributed by atoms with Gasteiger partial charge in [-0.25, -0.2) is 9.97 Å². The molecule has 3 aromatic carbocycles. The standard InChI is InChI=1S/C24H15N3S2/c1-2-8-17-16(7-1)13-14-22(25-17)27-19-10-4-6-12-21(19)29-24(27)15-23-26-18-9-3-5-11-20(18)28-23/h1-15H/p+1. The lowest BCUT2D eigenvalue weighted by atomic mass is 10.2. The molecule has 0 bridgehead atoms. The van der Waals surface area contributed by atoms with Crippen LogP contribution in [0.25, 0.3) is 37.4 Å². The van der Waals surface area contributed by atoms with Gasteiger partial charge in [0.1, 0.15) is 10.5 Å². The molecule has 0 aliphatic carbocycles. The van der Waals surface area contributed by atoms with Crippen molar-refractivity contribution in [1.82, 2.24) is 9.97 Å². The maximum atomic E-state index is 4.81. The summed E-state index contributed by atoms with van der Waals surface area (Å²) in [6.45, 7) is 0. The lowest BCUT2D eigenvalue weighted by Crippen LogP contribution is -2.34. The van der Waals surface area contributed by atoms with E-state index in [0.717, 1.165) is 26.2 Å². The van der Waals surface area contributed by atoms with Crippen LogP contribution in [0.4, 0.5) is 0 Å². The molecule has 6 rings (SSSR count). The van der Waals surface area contributed by atoms with Gasteiger partial charge in [0.15, 0.2) is 10.2 Å². The lowest BCUT2D eigenvalue weighted by molar-refractivity contribution is -0.493. The average Bonchev–Trinajstić information content (AvgIpc) is 3.33. The Morgan fingerprint density at radius 3 is 2.48 bits per heavy atom. The number of nitrogens with zero attached hydrogens (tertiary/aromatic N) is 2. The smallest absolute Gasteiger partial charge is 0.240 e. The van der Waals surface area contributed by atoms with Gasteiger partial charge in [0.25, 0.3) is 5.49 Å². The van der Waals surface area contributed by atoms with Crippen LogP contribution in [0.3, 0.4) is 0 Å². The van der Waals surface area contributed by atoms with Crippen molar-refractivity contribution in [3.8, 4) is 0 Å². The van der Waals surface area contributed by atoms with Gasteiger partial charge in [-0.05, 0) is 36.4 Å². The third-order valence-corrected chi connectivity index (χ3v) is 7.04. The van der Waals surface area contributed by atoms with Crippen molar-refractivity contribution >= 4 is 60.1 Å². The van der Waals surface area contributed by atoms with E-state index in [9.17, 15) is 0 Å². The van der Waals surface area contributed by atoms with E-state index in [-0.39, 0.29) is 0 Å². The predicted molar refractivity (Wildman–Crippen MR) is 122 cm³/mol. The molecule has 1 N–H and O–H groups in total. The topological polar surface area (TPSA) is 34.6 Å². The summed E-state index contributed by atoms with van der Waals surface area (Å²) < 4.78 is 5.90. The highest BCUT2D eigenvalue weighted by atomic mass is 32.1. The van der Waals surface area contributed by atoms with Gasteiger partial charge in [-0.2, -0.15) is 4.24 Å². The Bertz CT molecular complexity index is 1640. The molecule has 3 heterocycles. The average molecular weight is 411 g/mol. The minimum atomic E-state index is 1.02. The first-order chi connectivity index (χ1) is 14.3. The first-order valence-electron chi connectivity index (χ1n) is 9.40. The number of benzene rings is 3. The zero-order valence-electron chi connectivity index (χ0n) is 15.4. The minimum absolute atomic E-state index is 1.02. The van der Waals surface area contributed by atoms with Gasteiger partial charge in [-0.15, -0.1) is 11.3 Å². The molecule has 6 aromatic rings. The van der Waals surface area contributed by atoms with Crippen molar-refractivity contribution in [2.45, 2.75) is 0 Å². The van der Waals surface area contributed by atoms with Gasteiger partial charge in [-0.1, -0.05) is 53.8 Å². The van der Waals surface area contributed by atoms with Gasteiger partial charge in [0.2, 0.25) is 0 Å². The fourth-order valence-corrected chi connectivity index (χ4v) is 5.71. The van der Waals surface area contributed by atoms with Gasteiger partial charge in [0.05, 0.1) is 14.9 Å². The van der Waals surface area contributed by atoms with Crippen molar-refractivity contribution in [3.05, 3.63) is 100 Å². The normalized spacial score (nSPS) is 13.6. The van der Waals surface area contributed by atoms with E-state index in [2.05, 4.69) is 94.2 Å². The zero-order chi connectivity index (χ0) is 19.2. The second-order valence-corrected chi connectivity index (χ2v) is 8.96. The quantitative estimate of drug-likeness (QED) is 0.372. The number of hydrogen-bond donors (Lipinski definition) is 1. The molecule has 0 aliphatic heterocycles. The maximum absolute atomic E-state index is 4.81. The molecule has 5 heteroatoms. The van der Waals surface area contributed by atoms with Crippen LogP contribution in [-0.2, 0) is 0 Å². The number of hydrogen-bond acceptors (Lipinski definition) is 3. The zero-order valence-corrected chi connectivity index (χ0v) is 17.0. The van der Waals surface area contributed by atoms with E-state index in [1.54, 1.807) is 22.7 Å². The summed E-state index contributed by atoms with van der Waals surface area (Å²) >= 11 is 3.51. The molecule has 3 nitrogen and oxygen atoms in total. The largest absolute Gasteiger partial charge is 0.285 e. The van der Waals surface area contributed by atoms with Crippen LogP contribution in [0, 0.1) is 5.49 Å². The summed E-state index contributed by atoms with van der Waals surface area (Å²) in [6, 6.07) is 29.5. The molecule has 0 atom stereocenters. The van der Waals surface area contributed by atoms with Crippen LogP contribution in [0.15, 0.2) is 84.9 Å². The van der Waals surface area contributed by atoms with Crippen LogP contribution >= 0.6 is 22.7 Å². The fourth-order valence-electron chi connectivity index (χ4n) is 3.64. The molecule has 0 amide bonds. The third kappa shape index (κ3) is 2.87. The predicted octanol–water partition coefficient (Wildman–Crippen LogP) is 5.19. The van der Waals surface area contributed by atoms with Gasteiger partial charge in [-0.3, -0.25) is 0 Å². The van der Waals surface area contributed by atoms with Gasteiger partial charge in [0, 0.05) is 17.5 Å². The first kappa shape index (κ1) is 16.7. The second-order valence-electron chi connectivity index (χ2n) is 6.84. The van der Waals surface area contributed by atoms with E-state index in [4.69, 9.17) is 4.98 Å². The minimum Gasteiger partial charge on any atom is -0.240 e. The molecule has 0 spiro atoms. The van der Waals surface area contributed by atoms with Crippen LogP contribution < -0.4 is 8.91 Å². The van der Waals surface area contributed by atoms with E-state index in [0.29, 0.717) is 0 Å². The molecule has 138 valence electrons. The number of para-hydroxylation sites is 3. The number of rotatable bonds is 1. The summed E-state index contributed by atoms with van der Waals surface area (Å²) in [5, 5.41) is 2.22. The van der Waals surface area contributed by atoms with Gasteiger partial charge < -0.3 is 0 Å². The number of thiazole rings is 2. The van der Waals surface area contributed by atoms with E-state index >= 15 is 0 Å². The molecule has 0 radical (unpaired) electrons. The summed E-state index contributed by atoms with van der Waals surface area (Å²) in [4.78, 5) is 8.42. The number of aromatic nitrogens is 3. The molecule has 3 aromatic heterocycles. The summed E-state index contributed by atoms with van der Waals surface area (Å²) in [5.41, 5.74) is 4.41. The second kappa shape index (κ2) is 6.65. The number of fused-ring (bicyclic) bond motifs is 3. The SMILES string of the molecule is C(c1nc2ccccc2s1)=c1sc2ccccc2[n+]1=c1ccc2ccccc2[nH]1. The third-order valence-electron chi connectivity index (χ3n) is 4.98. The van der Waals surface area contributed by atoms with Crippen molar-refractivity contribution in [3.63, 3.8) is 0 Å².